The number of hydrogen-bond acceptors (Lipinski definition) is 3. The third-order valence-electron chi connectivity index (χ3n) is 4.76. The van der Waals surface area contributed by atoms with E-state index in [0.717, 1.165) is 31.6 Å². The zero-order chi connectivity index (χ0) is 13.5. The molecule has 0 radical (unpaired) electrons. The Morgan fingerprint density at radius 2 is 2.32 bits per heavy atom. The van der Waals surface area contributed by atoms with Crippen LogP contribution in [-0.2, 0) is 17.6 Å². The van der Waals surface area contributed by atoms with Crippen molar-refractivity contribution in [1.29, 1.82) is 0 Å². The van der Waals surface area contributed by atoms with E-state index in [4.69, 9.17) is 10.5 Å². The molecule has 2 unspecified atom stereocenters. The van der Waals surface area contributed by atoms with Gasteiger partial charge in [0.15, 0.2) is 0 Å². The molecule has 3 N–H and O–H groups in total. The summed E-state index contributed by atoms with van der Waals surface area (Å²) in [6, 6.07) is 6.25. The molecule has 4 nitrogen and oxygen atoms in total. The second-order valence-corrected chi connectivity index (χ2v) is 5.76. The van der Waals surface area contributed by atoms with Crippen molar-refractivity contribution in [2.24, 2.45) is 17.1 Å². The molecule has 0 saturated carbocycles. The van der Waals surface area contributed by atoms with E-state index in [2.05, 4.69) is 17.4 Å². The fraction of sp³-hybridized carbons (Fsp3) is 0.533. The highest BCUT2D eigenvalue weighted by atomic mass is 16.5. The number of aryl methyl sites for hydroxylation is 1. The summed E-state index contributed by atoms with van der Waals surface area (Å²) in [5, 5.41) is 3.34. The monoisotopic (exact) mass is 260 g/mol. The normalized spacial score (nSPS) is 29.2. The average Bonchev–Trinajstić information content (AvgIpc) is 2.81. The standard InChI is InChI=1S/C15H20N2O2/c1-19-12-3-2-10-4-5-15(7-11(10)6-12)9-17-8-13(15)14(16)18/h2-3,6,13,17H,4-5,7-9H2,1H3,(H2,16,18). The van der Waals surface area contributed by atoms with Crippen LogP contribution in [0.3, 0.4) is 0 Å². The van der Waals surface area contributed by atoms with Gasteiger partial charge < -0.3 is 15.8 Å². The van der Waals surface area contributed by atoms with E-state index in [1.807, 2.05) is 6.07 Å². The third kappa shape index (κ3) is 2.00. The second kappa shape index (κ2) is 4.53. The van der Waals surface area contributed by atoms with E-state index in [-0.39, 0.29) is 17.2 Å². The molecule has 1 aromatic rings. The number of benzene rings is 1. The average molecular weight is 260 g/mol. The van der Waals surface area contributed by atoms with E-state index < -0.39 is 0 Å². The molecule has 19 heavy (non-hydrogen) atoms. The molecular weight excluding hydrogens is 240 g/mol. The van der Waals surface area contributed by atoms with Crippen molar-refractivity contribution >= 4 is 5.91 Å². The van der Waals surface area contributed by atoms with Crippen LogP contribution in [0.25, 0.3) is 0 Å². The summed E-state index contributed by atoms with van der Waals surface area (Å²) in [5.74, 6) is 0.667. The maximum atomic E-state index is 11.7. The van der Waals surface area contributed by atoms with Crippen LogP contribution in [0.2, 0.25) is 0 Å². The molecule has 3 rings (SSSR count). The van der Waals surface area contributed by atoms with E-state index in [0.29, 0.717) is 6.54 Å². The molecule has 102 valence electrons. The van der Waals surface area contributed by atoms with Gasteiger partial charge in [-0.05, 0) is 47.9 Å². The van der Waals surface area contributed by atoms with Gasteiger partial charge in [0.25, 0.3) is 0 Å². The van der Waals surface area contributed by atoms with Gasteiger partial charge in [0, 0.05) is 13.1 Å². The maximum Gasteiger partial charge on any atom is 0.222 e. The predicted octanol–water partition coefficient (Wildman–Crippen LogP) is 0.875. The molecule has 2 atom stereocenters. The molecule has 0 bridgehead atoms. The van der Waals surface area contributed by atoms with Crippen LogP contribution in [-0.4, -0.2) is 26.1 Å². The molecule has 1 heterocycles. The Labute approximate surface area is 113 Å². The predicted molar refractivity (Wildman–Crippen MR) is 73.0 cm³/mol. The van der Waals surface area contributed by atoms with Crippen LogP contribution in [0.4, 0.5) is 0 Å². The Morgan fingerprint density at radius 1 is 1.47 bits per heavy atom. The number of carbonyl (C=O) groups is 1. The summed E-state index contributed by atoms with van der Waals surface area (Å²) in [5.41, 5.74) is 8.26. The van der Waals surface area contributed by atoms with Crippen molar-refractivity contribution in [3.8, 4) is 5.75 Å². The lowest BCUT2D eigenvalue weighted by Gasteiger charge is -2.38. The van der Waals surface area contributed by atoms with Gasteiger partial charge in [0.2, 0.25) is 5.91 Å². The van der Waals surface area contributed by atoms with Gasteiger partial charge in [-0.25, -0.2) is 0 Å². The molecule has 1 aliphatic heterocycles. The van der Waals surface area contributed by atoms with Crippen molar-refractivity contribution < 1.29 is 9.53 Å². The lowest BCUT2D eigenvalue weighted by atomic mass is 9.66. The van der Waals surface area contributed by atoms with Gasteiger partial charge in [-0.1, -0.05) is 6.07 Å². The number of methoxy groups -OCH3 is 1. The van der Waals surface area contributed by atoms with Gasteiger partial charge >= 0.3 is 0 Å². The number of rotatable bonds is 2. The molecule has 2 aliphatic rings. The highest BCUT2D eigenvalue weighted by Crippen LogP contribution is 2.44. The molecule has 1 fully saturated rings. The fourth-order valence-electron chi connectivity index (χ4n) is 3.64. The highest BCUT2D eigenvalue weighted by Gasteiger charge is 2.47. The lowest BCUT2D eigenvalue weighted by molar-refractivity contribution is -0.124. The summed E-state index contributed by atoms with van der Waals surface area (Å²) < 4.78 is 5.30. The number of fused-ring (bicyclic) bond motifs is 1. The first kappa shape index (κ1) is 12.5. The number of hydrogen-bond donors (Lipinski definition) is 2. The number of ether oxygens (including phenoxy) is 1. The summed E-state index contributed by atoms with van der Waals surface area (Å²) >= 11 is 0. The summed E-state index contributed by atoms with van der Waals surface area (Å²) in [4.78, 5) is 11.7. The lowest BCUT2D eigenvalue weighted by Crippen LogP contribution is -2.42. The highest BCUT2D eigenvalue weighted by molar-refractivity contribution is 5.78. The molecule has 1 aliphatic carbocycles. The van der Waals surface area contributed by atoms with Gasteiger partial charge in [-0.15, -0.1) is 0 Å². The Hall–Kier alpha value is -1.55. The quantitative estimate of drug-likeness (QED) is 0.829. The van der Waals surface area contributed by atoms with E-state index in [1.54, 1.807) is 7.11 Å². The number of carbonyl (C=O) groups excluding carboxylic acids is 1. The molecule has 0 aromatic heterocycles. The fourth-order valence-corrected chi connectivity index (χ4v) is 3.64. The minimum atomic E-state index is -0.170. The maximum absolute atomic E-state index is 11.7. The SMILES string of the molecule is COc1ccc2c(c1)CC1(CC2)CNCC1C(N)=O. The van der Waals surface area contributed by atoms with Crippen LogP contribution in [0, 0.1) is 11.3 Å². The van der Waals surface area contributed by atoms with Crippen LogP contribution in [0.1, 0.15) is 17.5 Å². The van der Waals surface area contributed by atoms with Crippen molar-refractivity contribution in [2.75, 3.05) is 20.2 Å². The van der Waals surface area contributed by atoms with Crippen LogP contribution in [0.5, 0.6) is 5.75 Å². The largest absolute Gasteiger partial charge is 0.497 e. The van der Waals surface area contributed by atoms with Crippen molar-refractivity contribution in [3.05, 3.63) is 29.3 Å². The molecule has 1 saturated heterocycles. The van der Waals surface area contributed by atoms with E-state index >= 15 is 0 Å². The minimum Gasteiger partial charge on any atom is -0.497 e. The summed E-state index contributed by atoms with van der Waals surface area (Å²) in [6.45, 7) is 1.60. The third-order valence-corrected chi connectivity index (χ3v) is 4.76. The van der Waals surface area contributed by atoms with Crippen LogP contribution >= 0.6 is 0 Å². The zero-order valence-corrected chi connectivity index (χ0v) is 11.2. The smallest absolute Gasteiger partial charge is 0.222 e. The summed E-state index contributed by atoms with van der Waals surface area (Å²) in [7, 11) is 1.68. The molecule has 1 spiro atoms. The first-order valence-electron chi connectivity index (χ1n) is 6.80. The van der Waals surface area contributed by atoms with E-state index in [1.165, 1.54) is 11.1 Å². The first-order chi connectivity index (χ1) is 9.14. The first-order valence-corrected chi connectivity index (χ1v) is 6.80. The Balaban J connectivity index is 1.94. The van der Waals surface area contributed by atoms with Crippen LogP contribution in [0.15, 0.2) is 18.2 Å². The van der Waals surface area contributed by atoms with Gasteiger partial charge in [-0.2, -0.15) is 0 Å². The number of amides is 1. The van der Waals surface area contributed by atoms with Crippen LogP contribution < -0.4 is 15.8 Å². The zero-order valence-electron chi connectivity index (χ0n) is 11.2. The Morgan fingerprint density at radius 3 is 3.05 bits per heavy atom. The molecule has 4 heteroatoms. The topological polar surface area (TPSA) is 64.3 Å². The number of nitrogens with two attached hydrogens (primary N) is 1. The Kier molecular flexibility index (Phi) is 2.97. The second-order valence-electron chi connectivity index (χ2n) is 5.76. The molecular formula is C15H20N2O2. The minimum absolute atomic E-state index is 0.00516. The van der Waals surface area contributed by atoms with Crippen molar-refractivity contribution in [3.63, 3.8) is 0 Å². The Bertz CT molecular complexity index is 515. The number of nitrogens with one attached hydrogen (secondary N) is 1. The molecule has 1 aromatic carbocycles. The van der Waals surface area contributed by atoms with E-state index in [9.17, 15) is 4.79 Å². The van der Waals surface area contributed by atoms with Gasteiger partial charge in [0.05, 0.1) is 13.0 Å². The molecule has 1 amide bonds. The van der Waals surface area contributed by atoms with Crippen molar-refractivity contribution in [2.45, 2.75) is 19.3 Å². The van der Waals surface area contributed by atoms with Crippen molar-refractivity contribution in [1.82, 2.24) is 5.32 Å². The van der Waals surface area contributed by atoms with Gasteiger partial charge in [-0.3, -0.25) is 4.79 Å². The summed E-state index contributed by atoms with van der Waals surface area (Å²) in [6.07, 6.45) is 2.97. The van der Waals surface area contributed by atoms with Gasteiger partial charge in [0.1, 0.15) is 5.75 Å². The number of primary amides is 1.